The Morgan fingerprint density at radius 1 is 1.32 bits per heavy atom. The molecule has 19 heavy (non-hydrogen) atoms. The van der Waals surface area contributed by atoms with Crippen LogP contribution in [-0.4, -0.2) is 16.1 Å². The van der Waals surface area contributed by atoms with Gasteiger partial charge < -0.3 is 0 Å². The molecular weight excluding hydrogens is 260 g/mol. The Morgan fingerprint density at radius 3 is 2.84 bits per heavy atom. The quantitative estimate of drug-likeness (QED) is 0.629. The zero-order valence-corrected chi connectivity index (χ0v) is 11.3. The van der Waals surface area contributed by atoms with Crippen LogP contribution in [0.5, 0.6) is 0 Å². The number of hydrogen-bond acceptors (Lipinski definition) is 4. The molecule has 1 heterocycles. The molecule has 0 aliphatic carbocycles. The van der Waals surface area contributed by atoms with Gasteiger partial charge in [0.1, 0.15) is 0 Å². The molecule has 4 nitrogen and oxygen atoms in total. The lowest BCUT2D eigenvalue weighted by Gasteiger charge is -1.98. The van der Waals surface area contributed by atoms with Gasteiger partial charge in [0.05, 0.1) is 10.7 Å². The van der Waals surface area contributed by atoms with E-state index in [1.807, 2.05) is 23.6 Å². The van der Waals surface area contributed by atoms with Crippen molar-refractivity contribution in [2.75, 3.05) is 0 Å². The standard InChI is InChI=1S/C14H16N2O2S/c17-13(16-18)8-4-7-12-10-19-14(15-12)9-11-5-2-1-3-6-11/h1-3,5-6,10,18H,4,7-9H2,(H,16,17). The average Bonchev–Trinajstić information content (AvgIpc) is 2.87. The lowest BCUT2D eigenvalue weighted by molar-refractivity contribution is -0.129. The predicted molar refractivity (Wildman–Crippen MR) is 74.2 cm³/mol. The highest BCUT2D eigenvalue weighted by molar-refractivity contribution is 7.09. The molecule has 0 unspecified atom stereocenters. The van der Waals surface area contributed by atoms with Crippen molar-refractivity contribution < 1.29 is 10.0 Å². The van der Waals surface area contributed by atoms with Crippen LogP contribution in [0, 0.1) is 0 Å². The lowest BCUT2D eigenvalue weighted by atomic mass is 10.1. The second-order valence-corrected chi connectivity index (χ2v) is 5.23. The van der Waals surface area contributed by atoms with E-state index in [1.54, 1.807) is 16.8 Å². The lowest BCUT2D eigenvalue weighted by Crippen LogP contribution is -2.18. The van der Waals surface area contributed by atoms with E-state index < -0.39 is 0 Å². The first-order chi connectivity index (χ1) is 9.28. The maximum atomic E-state index is 10.9. The molecule has 1 amide bonds. The van der Waals surface area contributed by atoms with Crippen molar-refractivity contribution in [3.8, 4) is 0 Å². The van der Waals surface area contributed by atoms with Gasteiger partial charge in [-0.15, -0.1) is 11.3 Å². The number of aryl methyl sites for hydroxylation is 1. The van der Waals surface area contributed by atoms with E-state index in [0.717, 1.165) is 23.5 Å². The maximum Gasteiger partial charge on any atom is 0.243 e. The summed E-state index contributed by atoms with van der Waals surface area (Å²) in [5.41, 5.74) is 3.90. The van der Waals surface area contributed by atoms with Gasteiger partial charge in [0.15, 0.2) is 0 Å². The third-order valence-corrected chi connectivity index (χ3v) is 3.66. The van der Waals surface area contributed by atoms with Crippen LogP contribution in [-0.2, 0) is 17.6 Å². The van der Waals surface area contributed by atoms with Crippen molar-refractivity contribution in [1.82, 2.24) is 10.5 Å². The van der Waals surface area contributed by atoms with Crippen LogP contribution in [0.15, 0.2) is 35.7 Å². The third kappa shape index (κ3) is 4.46. The van der Waals surface area contributed by atoms with E-state index in [0.29, 0.717) is 12.8 Å². The van der Waals surface area contributed by atoms with Crippen molar-refractivity contribution in [3.63, 3.8) is 0 Å². The first-order valence-corrected chi connectivity index (χ1v) is 7.06. The van der Waals surface area contributed by atoms with Gasteiger partial charge >= 0.3 is 0 Å². The smallest absolute Gasteiger partial charge is 0.243 e. The average molecular weight is 276 g/mol. The van der Waals surface area contributed by atoms with Crippen molar-refractivity contribution in [1.29, 1.82) is 0 Å². The molecule has 2 rings (SSSR count). The van der Waals surface area contributed by atoms with Gasteiger partial charge in [-0.05, 0) is 18.4 Å². The van der Waals surface area contributed by atoms with Crippen LogP contribution in [0.2, 0.25) is 0 Å². The molecule has 0 aliphatic heterocycles. The number of thiazole rings is 1. The molecule has 0 radical (unpaired) electrons. The van der Waals surface area contributed by atoms with Crippen LogP contribution < -0.4 is 5.48 Å². The van der Waals surface area contributed by atoms with Crippen molar-refractivity contribution >= 4 is 17.2 Å². The third-order valence-electron chi connectivity index (χ3n) is 2.76. The van der Waals surface area contributed by atoms with Gasteiger partial charge in [0, 0.05) is 18.2 Å². The van der Waals surface area contributed by atoms with E-state index in [1.165, 1.54) is 5.56 Å². The fraction of sp³-hybridized carbons (Fsp3) is 0.286. The molecule has 0 atom stereocenters. The van der Waals surface area contributed by atoms with Crippen molar-refractivity contribution in [3.05, 3.63) is 52.0 Å². The highest BCUT2D eigenvalue weighted by atomic mass is 32.1. The predicted octanol–water partition coefficient (Wildman–Crippen LogP) is 2.56. The van der Waals surface area contributed by atoms with E-state index in [-0.39, 0.29) is 5.91 Å². The van der Waals surface area contributed by atoms with Crippen LogP contribution in [0.1, 0.15) is 29.1 Å². The Bertz CT molecular complexity index is 525. The molecule has 2 N–H and O–H groups in total. The zero-order valence-electron chi connectivity index (χ0n) is 10.5. The molecule has 1 aromatic carbocycles. The second-order valence-electron chi connectivity index (χ2n) is 4.28. The summed E-state index contributed by atoms with van der Waals surface area (Å²) in [7, 11) is 0. The van der Waals surface area contributed by atoms with E-state index >= 15 is 0 Å². The monoisotopic (exact) mass is 276 g/mol. The number of carbonyl (C=O) groups is 1. The summed E-state index contributed by atoms with van der Waals surface area (Å²) in [6, 6.07) is 10.2. The minimum atomic E-state index is -0.347. The van der Waals surface area contributed by atoms with Crippen LogP contribution in [0.3, 0.4) is 0 Å². The number of nitrogens with one attached hydrogen (secondary N) is 1. The minimum Gasteiger partial charge on any atom is -0.289 e. The molecular formula is C14H16N2O2S. The number of rotatable bonds is 6. The summed E-state index contributed by atoms with van der Waals surface area (Å²) in [5, 5.41) is 11.5. The second kappa shape index (κ2) is 7.01. The van der Waals surface area contributed by atoms with E-state index in [2.05, 4.69) is 17.1 Å². The van der Waals surface area contributed by atoms with E-state index in [4.69, 9.17) is 5.21 Å². The molecule has 0 bridgehead atoms. The Kier molecular flexibility index (Phi) is 5.06. The Morgan fingerprint density at radius 2 is 2.11 bits per heavy atom. The van der Waals surface area contributed by atoms with Gasteiger partial charge in [-0.2, -0.15) is 0 Å². The molecule has 0 fully saturated rings. The fourth-order valence-electron chi connectivity index (χ4n) is 1.80. The zero-order chi connectivity index (χ0) is 13.5. The van der Waals surface area contributed by atoms with Gasteiger partial charge in [-0.25, -0.2) is 10.5 Å². The number of hydroxylamine groups is 1. The largest absolute Gasteiger partial charge is 0.289 e. The summed E-state index contributed by atoms with van der Waals surface area (Å²) in [6.45, 7) is 0. The normalized spacial score (nSPS) is 10.4. The van der Waals surface area contributed by atoms with Gasteiger partial charge in [0.25, 0.3) is 0 Å². The van der Waals surface area contributed by atoms with Crippen LogP contribution in [0.4, 0.5) is 0 Å². The molecule has 1 aromatic heterocycles. The highest BCUT2D eigenvalue weighted by Crippen LogP contribution is 2.16. The first kappa shape index (κ1) is 13.7. The molecule has 0 saturated heterocycles. The Labute approximate surface area is 116 Å². The SMILES string of the molecule is O=C(CCCc1csc(Cc2ccccc2)n1)NO. The summed E-state index contributed by atoms with van der Waals surface area (Å²) in [6.07, 6.45) is 2.63. The molecule has 0 saturated carbocycles. The number of carbonyl (C=O) groups excluding carboxylic acids is 1. The summed E-state index contributed by atoms with van der Waals surface area (Å²) in [4.78, 5) is 15.4. The molecule has 5 heteroatoms. The summed E-state index contributed by atoms with van der Waals surface area (Å²) < 4.78 is 0. The van der Waals surface area contributed by atoms with Gasteiger partial charge in [-0.1, -0.05) is 30.3 Å². The minimum absolute atomic E-state index is 0.321. The highest BCUT2D eigenvalue weighted by Gasteiger charge is 2.05. The molecule has 2 aromatic rings. The number of benzene rings is 1. The Hall–Kier alpha value is -1.72. The summed E-state index contributed by atoms with van der Waals surface area (Å²) in [5.74, 6) is -0.347. The topological polar surface area (TPSA) is 62.2 Å². The number of aromatic nitrogens is 1. The van der Waals surface area contributed by atoms with Crippen LogP contribution >= 0.6 is 11.3 Å². The summed E-state index contributed by atoms with van der Waals surface area (Å²) >= 11 is 1.65. The van der Waals surface area contributed by atoms with Gasteiger partial charge in [-0.3, -0.25) is 10.0 Å². The number of hydrogen-bond donors (Lipinski definition) is 2. The molecule has 0 spiro atoms. The Balaban J connectivity index is 1.84. The maximum absolute atomic E-state index is 10.9. The van der Waals surface area contributed by atoms with E-state index in [9.17, 15) is 4.79 Å². The van der Waals surface area contributed by atoms with Gasteiger partial charge in [0.2, 0.25) is 5.91 Å². The molecule has 0 aliphatic rings. The first-order valence-electron chi connectivity index (χ1n) is 6.18. The van der Waals surface area contributed by atoms with Crippen LogP contribution in [0.25, 0.3) is 0 Å². The van der Waals surface area contributed by atoms with Crippen molar-refractivity contribution in [2.45, 2.75) is 25.7 Å². The van der Waals surface area contributed by atoms with Crippen molar-refractivity contribution in [2.24, 2.45) is 0 Å². The molecule has 100 valence electrons. The number of nitrogens with zero attached hydrogens (tertiary/aromatic N) is 1. The number of amides is 1. The fourth-order valence-corrected chi connectivity index (χ4v) is 2.66.